The van der Waals surface area contributed by atoms with Gasteiger partial charge in [-0.3, -0.25) is 4.79 Å². The molecule has 1 aromatic rings. The van der Waals surface area contributed by atoms with Crippen LogP contribution in [0.3, 0.4) is 0 Å². The van der Waals surface area contributed by atoms with Crippen LogP contribution < -0.4 is 0 Å². The molecule has 2 fully saturated rings. The van der Waals surface area contributed by atoms with Gasteiger partial charge in [0.15, 0.2) is 9.84 Å². The summed E-state index contributed by atoms with van der Waals surface area (Å²) in [7, 11) is -3.00. The maximum absolute atomic E-state index is 13.4. The Hall–Kier alpha value is -0.880. The van der Waals surface area contributed by atoms with Gasteiger partial charge in [-0.05, 0) is 62.0 Å². The molecule has 2 heterocycles. The van der Waals surface area contributed by atoms with Crippen molar-refractivity contribution >= 4 is 27.1 Å². The molecule has 1 amide bonds. The van der Waals surface area contributed by atoms with Crippen LogP contribution >= 0.6 is 11.3 Å². The second-order valence-corrected chi connectivity index (χ2v) is 11.6. The summed E-state index contributed by atoms with van der Waals surface area (Å²) in [5.74, 6) is 1.39. The van der Waals surface area contributed by atoms with Gasteiger partial charge < -0.3 is 4.90 Å². The molecule has 1 aliphatic heterocycles. The molecule has 4 nitrogen and oxygen atoms in total. The third-order valence-corrected chi connectivity index (χ3v) is 9.13. The standard InChI is InChI=1S/C21H33NO3S2/c1-3-4-5-17-6-8-18(9-7-17)21(23)22(14-20-16(2)10-12-26-20)19-11-13-27(24,25)15-19/h10,12,17-19H,3-9,11,13-15H2,1-2H3. The maximum Gasteiger partial charge on any atom is 0.226 e. The van der Waals surface area contributed by atoms with Gasteiger partial charge in [-0.25, -0.2) is 8.42 Å². The summed E-state index contributed by atoms with van der Waals surface area (Å²) in [4.78, 5) is 16.5. The first-order chi connectivity index (χ1) is 12.9. The second kappa shape index (κ2) is 9.08. The van der Waals surface area contributed by atoms with Crippen LogP contribution in [0.2, 0.25) is 0 Å². The van der Waals surface area contributed by atoms with Gasteiger partial charge in [0.05, 0.1) is 18.1 Å². The Morgan fingerprint density at radius 3 is 2.52 bits per heavy atom. The van der Waals surface area contributed by atoms with E-state index in [0.29, 0.717) is 13.0 Å². The molecular formula is C21H33NO3S2. The van der Waals surface area contributed by atoms with Crippen LogP contribution in [0.5, 0.6) is 0 Å². The molecule has 1 saturated carbocycles. The summed E-state index contributed by atoms with van der Waals surface area (Å²) >= 11 is 1.67. The highest BCUT2D eigenvalue weighted by Gasteiger charge is 2.38. The van der Waals surface area contributed by atoms with Gasteiger partial charge >= 0.3 is 0 Å². The number of amides is 1. The lowest BCUT2D eigenvalue weighted by molar-refractivity contribution is -0.139. The molecular weight excluding hydrogens is 378 g/mol. The van der Waals surface area contributed by atoms with Crippen LogP contribution in [-0.4, -0.2) is 36.8 Å². The first-order valence-corrected chi connectivity index (χ1v) is 13.1. The number of unbranched alkanes of at least 4 members (excludes halogenated alkanes) is 1. The van der Waals surface area contributed by atoms with E-state index < -0.39 is 9.84 Å². The zero-order valence-corrected chi connectivity index (χ0v) is 18.3. The minimum absolute atomic E-state index is 0.0754. The molecule has 1 unspecified atom stereocenters. The molecule has 0 spiro atoms. The fourth-order valence-electron chi connectivity index (χ4n) is 4.55. The number of carbonyl (C=O) groups excluding carboxylic acids is 1. The number of aryl methyl sites for hydroxylation is 1. The van der Waals surface area contributed by atoms with E-state index in [1.54, 1.807) is 11.3 Å². The maximum atomic E-state index is 13.4. The van der Waals surface area contributed by atoms with Crippen LogP contribution in [0, 0.1) is 18.8 Å². The Kier molecular flexibility index (Phi) is 7.01. The van der Waals surface area contributed by atoms with Crippen molar-refractivity contribution < 1.29 is 13.2 Å². The monoisotopic (exact) mass is 411 g/mol. The molecule has 1 aliphatic carbocycles. The summed E-state index contributed by atoms with van der Waals surface area (Å²) in [5, 5.41) is 2.05. The van der Waals surface area contributed by atoms with Gasteiger partial charge in [-0.2, -0.15) is 0 Å². The Morgan fingerprint density at radius 1 is 1.22 bits per heavy atom. The summed E-state index contributed by atoms with van der Waals surface area (Å²) in [6, 6.07) is 1.93. The highest BCUT2D eigenvalue weighted by molar-refractivity contribution is 7.91. The van der Waals surface area contributed by atoms with E-state index >= 15 is 0 Å². The highest BCUT2D eigenvalue weighted by Crippen LogP contribution is 2.35. The summed E-state index contributed by atoms with van der Waals surface area (Å²) in [6.45, 7) is 4.87. The van der Waals surface area contributed by atoms with Gasteiger partial charge in [0, 0.05) is 16.8 Å². The van der Waals surface area contributed by atoms with Crippen LogP contribution in [0.1, 0.15) is 68.7 Å². The number of thiophene rings is 1. The number of sulfone groups is 1. The Labute approximate surface area is 168 Å². The van der Waals surface area contributed by atoms with E-state index in [0.717, 1.165) is 31.6 Å². The summed E-state index contributed by atoms with van der Waals surface area (Å²) in [6.07, 6.45) is 8.62. The van der Waals surface area contributed by atoms with Crippen molar-refractivity contribution in [3.05, 3.63) is 21.9 Å². The molecule has 6 heteroatoms. The minimum atomic E-state index is -3.00. The van der Waals surface area contributed by atoms with Crippen molar-refractivity contribution in [3.8, 4) is 0 Å². The molecule has 152 valence electrons. The smallest absolute Gasteiger partial charge is 0.226 e. The van der Waals surface area contributed by atoms with Crippen LogP contribution in [0.4, 0.5) is 0 Å². The average molecular weight is 412 g/mol. The Bertz CT molecular complexity index is 732. The first-order valence-electron chi connectivity index (χ1n) is 10.4. The third-order valence-electron chi connectivity index (χ3n) is 6.38. The van der Waals surface area contributed by atoms with Gasteiger partial charge in [0.1, 0.15) is 0 Å². The SMILES string of the molecule is CCCCC1CCC(C(=O)N(Cc2sccc2C)C2CCS(=O)(=O)C2)CC1. The third kappa shape index (κ3) is 5.35. The molecule has 27 heavy (non-hydrogen) atoms. The van der Waals surface area contributed by atoms with Crippen LogP contribution in [0.25, 0.3) is 0 Å². The van der Waals surface area contributed by atoms with Gasteiger partial charge in [-0.15, -0.1) is 11.3 Å². The predicted octanol–water partition coefficient (Wildman–Crippen LogP) is 4.57. The number of rotatable bonds is 7. The van der Waals surface area contributed by atoms with Crippen molar-refractivity contribution in [3.63, 3.8) is 0 Å². The van der Waals surface area contributed by atoms with E-state index in [9.17, 15) is 13.2 Å². The van der Waals surface area contributed by atoms with Crippen molar-refractivity contribution in [2.75, 3.05) is 11.5 Å². The quantitative estimate of drug-likeness (QED) is 0.660. The van der Waals surface area contributed by atoms with E-state index in [-0.39, 0.29) is 29.4 Å². The van der Waals surface area contributed by atoms with Crippen LogP contribution in [-0.2, 0) is 21.2 Å². The van der Waals surface area contributed by atoms with Gasteiger partial charge in [0.2, 0.25) is 5.91 Å². The summed E-state index contributed by atoms with van der Waals surface area (Å²) < 4.78 is 24.0. The van der Waals surface area contributed by atoms with Gasteiger partial charge in [-0.1, -0.05) is 26.2 Å². The topological polar surface area (TPSA) is 54.5 Å². The highest BCUT2D eigenvalue weighted by atomic mass is 32.2. The largest absolute Gasteiger partial charge is 0.333 e. The van der Waals surface area contributed by atoms with Crippen molar-refractivity contribution in [1.29, 1.82) is 0 Å². The first kappa shape index (κ1) is 20.8. The predicted molar refractivity (Wildman–Crippen MR) is 112 cm³/mol. The molecule has 0 aromatic carbocycles. The van der Waals surface area contributed by atoms with E-state index in [2.05, 4.69) is 25.3 Å². The van der Waals surface area contributed by atoms with E-state index in [1.165, 1.54) is 29.7 Å². The molecule has 3 rings (SSSR count). The summed E-state index contributed by atoms with van der Waals surface area (Å²) in [5.41, 5.74) is 1.20. The molecule has 0 radical (unpaired) electrons. The van der Waals surface area contributed by atoms with Crippen molar-refractivity contribution in [2.24, 2.45) is 11.8 Å². The second-order valence-electron chi connectivity index (χ2n) is 8.41. The molecule has 1 saturated heterocycles. The molecule has 1 atom stereocenters. The molecule has 0 N–H and O–H groups in total. The zero-order chi connectivity index (χ0) is 19.4. The average Bonchev–Trinajstić information content (AvgIpc) is 3.22. The van der Waals surface area contributed by atoms with Crippen molar-refractivity contribution in [2.45, 2.75) is 77.8 Å². The molecule has 0 bridgehead atoms. The van der Waals surface area contributed by atoms with Crippen molar-refractivity contribution in [1.82, 2.24) is 4.90 Å². The number of nitrogens with zero attached hydrogens (tertiary/aromatic N) is 1. The number of hydrogen-bond donors (Lipinski definition) is 0. The van der Waals surface area contributed by atoms with Gasteiger partial charge in [0.25, 0.3) is 0 Å². The lowest BCUT2D eigenvalue weighted by Crippen LogP contribution is -2.44. The fraction of sp³-hybridized carbons (Fsp3) is 0.762. The van der Waals surface area contributed by atoms with E-state index in [1.807, 2.05) is 4.90 Å². The lowest BCUT2D eigenvalue weighted by Gasteiger charge is -2.35. The minimum Gasteiger partial charge on any atom is -0.333 e. The Balaban J connectivity index is 1.69. The zero-order valence-electron chi connectivity index (χ0n) is 16.7. The normalized spacial score (nSPS) is 27.6. The molecule has 2 aliphatic rings. The lowest BCUT2D eigenvalue weighted by atomic mass is 9.79. The number of hydrogen-bond acceptors (Lipinski definition) is 4. The van der Waals surface area contributed by atoms with E-state index in [4.69, 9.17) is 0 Å². The Morgan fingerprint density at radius 2 is 1.96 bits per heavy atom. The number of carbonyl (C=O) groups is 1. The fourth-order valence-corrected chi connectivity index (χ4v) is 7.19. The molecule has 1 aromatic heterocycles. The van der Waals surface area contributed by atoms with Crippen LogP contribution in [0.15, 0.2) is 11.4 Å².